The summed E-state index contributed by atoms with van der Waals surface area (Å²) in [6.07, 6.45) is 7.04. The van der Waals surface area contributed by atoms with Gasteiger partial charge in [-0.05, 0) is 40.5 Å². The van der Waals surface area contributed by atoms with Crippen molar-refractivity contribution in [2.45, 2.75) is 19.8 Å². The first-order valence-corrected chi connectivity index (χ1v) is 10.4. The fraction of sp³-hybridized carbons (Fsp3) is 0.190. The highest BCUT2D eigenvalue weighted by molar-refractivity contribution is 9.10. The molecule has 0 spiro atoms. The highest BCUT2D eigenvalue weighted by Gasteiger charge is 2.25. The average molecular weight is 492 g/mol. The topological polar surface area (TPSA) is 52.3 Å². The molecule has 4 rings (SSSR count). The van der Waals surface area contributed by atoms with E-state index in [1.807, 2.05) is 41.9 Å². The summed E-state index contributed by atoms with van der Waals surface area (Å²) in [7, 11) is 1.67. The van der Waals surface area contributed by atoms with Gasteiger partial charge in [0.2, 0.25) is 0 Å². The van der Waals surface area contributed by atoms with Gasteiger partial charge >= 0.3 is 0 Å². The van der Waals surface area contributed by atoms with Gasteiger partial charge in [-0.15, -0.1) is 0 Å². The number of hydrogen-bond acceptors (Lipinski definition) is 4. The summed E-state index contributed by atoms with van der Waals surface area (Å²) in [5, 5.41) is 1.04. The fourth-order valence-electron chi connectivity index (χ4n) is 3.57. The number of nitrogens with zero attached hydrogens (tertiary/aromatic N) is 4. The van der Waals surface area contributed by atoms with Gasteiger partial charge in [0, 0.05) is 52.4 Å². The Bertz CT molecular complexity index is 1210. The second-order valence-corrected chi connectivity index (χ2v) is 8.16. The molecule has 148 valence electrons. The third-order valence-electron chi connectivity index (χ3n) is 5.01. The maximum Gasteiger partial charge on any atom is 0.155 e. The third kappa shape index (κ3) is 3.39. The van der Waals surface area contributed by atoms with Gasteiger partial charge in [-0.2, -0.15) is 0 Å². The quantitative estimate of drug-likeness (QED) is 0.334. The number of aromatic nitrogens is 4. The van der Waals surface area contributed by atoms with Crippen LogP contribution in [0.4, 0.5) is 0 Å². The van der Waals surface area contributed by atoms with E-state index >= 15 is 0 Å². The number of hydrogen-bond donors (Lipinski definition) is 0. The van der Waals surface area contributed by atoms with Crippen LogP contribution >= 0.6 is 39.1 Å². The van der Waals surface area contributed by atoms with E-state index in [1.54, 1.807) is 19.5 Å². The maximum atomic E-state index is 6.63. The Morgan fingerprint density at radius 1 is 1.24 bits per heavy atom. The molecule has 3 aromatic heterocycles. The third-order valence-corrected chi connectivity index (χ3v) is 6.23. The van der Waals surface area contributed by atoms with Crippen LogP contribution in [0.2, 0.25) is 10.2 Å². The number of pyridine rings is 1. The Morgan fingerprint density at radius 3 is 2.72 bits per heavy atom. The zero-order valence-electron chi connectivity index (χ0n) is 15.9. The zero-order valence-corrected chi connectivity index (χ0v) is 19.0. The van der Waals surface area contributed by atoms with Crippen LogP contribution in [0.25, 0.3) is 16.6 Å². The summed E-state index contributed by atoms with van der Waals surface area (Å²) >= 11 is 16.4. The second-order valence-electron chi connectivity index (χ2n) is 6.64. The Hall–Kier alpha value is -2.15. The van der Waals surface area contributed by atoms with Crippen molar-refractivity contribution >= 4 is 44.6 Å². The molecule has 1 atom stereocenters. The lowest BCUT2D eigenvalue weighted by atomic mass is 9.91. The van der Waals surface area contributed by atoms with E-state index in [9.17, 15) is 0 Å². The molecule has 3 heterocycles. The number of rotatable bonds is 4. The Balaban J connectivity index is 1.97. The molecule has 0 radical (unpaired) electrons. The first-order chi connectivity index (χ1) is 13.9. The van der Waals surface area contributed by atoms with Crippen molar-refractivity contribution in [3.8, 4) is 16.9 Å². The number of ether oxygens (including phenoxy) is 1. The van der Waals surface area contributed by atoms with Crippen molar-refractivity contribution in [3.63, 3.8) is 0 Å². The molecule has 1 unspecified atom stereocenters. The fourth-order valence-corrected chi connectivity index (χ4v) is 4.70. The van der Waals surface area contributed by atoms with E-state index in [-0.39, 0.29) is 5.92 Å². The summed E-state index contributed by atoms with van der Waals surface area (Å²) in [5.74, 6) is 1.42. The predicted octanol–water partition coefficient (Wildman–Crippen LogP) is 6.33. The van der Waals surface area contributed by atoms with Gasteiger partial charge in [-0.3, -0.25) is 9.38 Å². The summed E-state index contributed by atoms with van der Waals surface area (Å²) in [6, 6.07) is 5.83. The molecule has 0 aliphatic carbocycles. The standard InChI is InChI=1S/C21H17BrCl2N4O/c1-11(21-27-19(22)17-20(24)26-7-8-28(17)21)14-9-15(23)12(2)16(18(14)29-3)13-5-4-6-25-10-13/h4-11H,1-3H3. The van der Waals surface area contributed by atoms with Gasteiger partial charge in [-0.1, -0.05) is 36.2 Å². The van der Waals surface area contributed by atoms with E-state index in [2.05, 4.69) is 32.8 Å². The normalized spacial score (nSPS) is 12.3. The van der Waals surface area contributed by atoms with E-state index in [0.717, 1.165) is 39.3 Å². The Morgan fingerprint density at radius 2 is 2.03 bits per heavy atom. The minimum atomic E-state index is -0.129. The number of halogens is 3. The molecule has 4 aromatic rings. The molecule has 8 heteroatoms. The summed E-state index contributed by atoms with van der Waals surface area (Å²) in [4.78, 5) is 13.1. The maximum absolute atomic E-state index is 6.63. The Kier molecular flexibility index (Phi) is 5.51. The first-order valence-electron chi connectivity index (χ1n) is 8.89. The molecule has 0 fully saturated rings. The SMILES string of the molecule is COc1c(C(C)c2nc(Br)c3c(Cl)nccn23)cc(Cl)c(C)c1-c1cccnc1. The zero-order chi connectivity index (χ0) is 20.7. The number of methoxy groups -OCH3 is 1. The minimum Gasteiger partial charge on any atom is -0.496 e. The first kappa shape index (κ1) is 20.1. The lowest BCUT2D eigenvalue weighted by Crippen LogP contribution is -2.07. The molecule has 29 heavy (non-hydrogen) atoms. The van der Waals surface area contributed by atoms with Crippen molar-refractivity contribution in [2.75, 3.05) is 7.11 Å². The highest BCUT2D eigenvalue weighted by atomic mass is 79.9. The molecule has 1 aromatic carbocycles. The predicted molar refractivity (Wildman–Crippen MR) is 119 cm³/mol. The summed E-state index contributed by atoms with van der Waals surface area (Å²) in [5.41, 5.74) is 4.46. The van der Waals surface area contributed by atoms with Crippen LogP contribution in [0.5, 0.6) is 5.75 Å². The molecule has 0 saturated heterocycles. The second kappa shape index (κ2) is 7.94. The van der Waals surface area contributed by atoms with Crippen LogP contribution in [0, 0.1) is 6.92 Å². The number of imidazole rings is 1. The largest absolute Gasteiger partial charge is 0.496 e. The summed E-state index contributed by atoms with van der Waals surface area (Å²) < 4.78 is 8.45. The molecule has 0 aliphatic rings. The lowest BCUT2D eigenvalue weighted by molar-refractivity contribution is 0.409. The van der Waals surface area contributed by atoms with Gasteiger partial charge in [0.05, 0.1) is 7.11 Å². The van der Waals surface area contributed by atoms with Gasteiger partial charge in [0.25, 0.3) is 0 Å². The molecule has 0 amide bonds. The van der Waals surface area contributed by atoms with Crippen molar-refractivity contribution in [1.29, 1.82) is 0 Å². The van der Waals surface area contributed by atoms with Crippen molar-refractivity contribution < 1.29 is 4.74 Å². The molecule has 0 aliphatic heterocycles. The molecule has 0 bridgehead atoms. The van der Waals surface area contributed by atoms with Crippen LogP contribution < -0.4 is 4.74 Å². The number of fused-ring (bicyclic) bond motifs is 1. The van der Waals surface area contributed by atoms with Crippen molar-refractivity contribution in [3.05, 3.63) is 74.7 Å². The average Bonchev–Trinajstić information content (AvgIpc) is 3.07. The van der Waals surface area contributed by atoms with E-state index in [4.69, 9.17) is 32.9 Å². The van der Waals surface area contributed by atoms with Crippen LogP contribution in [0.15, 0.2) is 47.6 Å². The van der Waals surface area contributed by atoms with Crippen LogP contribution in [0.1, 0.15) is 29.8 Å². The minimum absolute atomic E-state index is 0.129. The van der Waals surface area contributed by atoms with Gasteiger partial charge in [-0.25, -0.2) is 9.97 Å². The lowest BCUT2D eigenvalue weighted by Gasteiger charge is -2.21. The summed E-state index contributed by atoms with van der Waals surface area (Å²) in [6.45, 7) is 4.04. The van der Waals surface area contributed by atoms with E-state index in [0.29, 0.717) is 14.8 Å². The molecule has 5 nitrogen and oxygen atoms in total. The van der Waals surface area contributed by atoms with E-state index < -0.39 is 0 Å². The highest BCUT2D eigenvalue weighted by Crippen LogP contribution is 2.44. The molecular formula is C21H17BrCl2N4O. The van der Waals surface area contributed by atoms with Gasteiger partial charge in [0.15, 0.2) is 5.15 Å². The van der Waals surface area contributed by atoms with E-state index in [1.165, 1.54) is 0 Å². The monoisotopic (exact) mass is 490 g/mol. The molecule has 0 saturated carbocycles. The van der Waals surface area contributed by atoms with Crippen LogP contribution in [-0.4, -0.2) is 26.5 Å². The molecular weight excluding hydrogens is 475 g/mol. The van der Waals surface area contributed by atoms with Gasteiger partial charge < -0.3 is 4.74 Å². The Labute approximate surface area is 186 Å². The smallest absolute Gasteiger partial charge is 0.155 e. The molecule has 0 N–H and O–H groups in total. The van der Waals surface area contributed by atoms with Crippen LogP contribution in [-0.2, 0) is 0 Å². The van der Waals surface area contributed by atoms with Crippen molar-refractivity contribution in [1.82, 2.24) is 19.4 Å². The van der Waals surface area contributed by atoms with Gasteiger partial charge in [0.1, 0.15) is 21.7 Å². The number of benzene rings is 1. The van der Waals surface area contributed by atoms with Crippen molar-refractivity contribution in [2.24, 2.45) is 0 Å². The van der Waals surface area contributed by atoms with Crippen LogP contribution in [0.3, 0.4) is 0 Å².